The number of hydrogen-bond acceptors (Lipinski definition) is 6. The Balaban J connectivity index is 1.79. The van der Waals surface area contributed by atoms with E-state index in [-0.39, 0.29) is 11.5 Å². The van der Waals surface area contributed by atoms with E-state index in [4.69, 9.17) is 32.4 Å². The van der Waals surface area contributed by atoms with Crippen LogP contribution in [0.4, 0.5) is 4.79 Å². The minimum atomic E-state index is -0.640. The molecule has 0 unspecified atom stereocenters. The number of hydrogen-bond donors (Lipinski definition) is 0. The van der Waals surface area contributed by atoms with Gasteiger partial charge in [0.25, 0.3) is 11.1 Å². The summed E-state index contributed by atoms with van der Waals surface area (Å²) in [6.07, 6.45) is 1.45. The number of esters is 1. The Labute approximate surface area is 169 Å². The minimum absolute atomic E-state index is 0.160. The first-order valence-electron chi connectivity index (χ1n) is 7.85. The molecule has 0 bridgehead atoms. The molecule has 3 rings (SSSR count). The second kappa shape index (κ2) is 8.21. The maximum atomic E-state index is 12.4. The van der Waals surface area contributed by atoms with Crippen LogP contribution in [0.5, 0.6) is 0 Å². The molecule has 6 nitrogen and oxygen atoms in total. The number of imide groups is 1. The van der Waals surface area contributed by atoms with E-state index in [1.54, 1.807) is 37.3 Å². The number of halogens is 2. The summed E-state index contributed by atoms with van der Waals surface area (Å²) < 4.78 is 10.5. The predicted octanol–water partition coefficient (Wildman–Crippen LogP) is 4.85. The van der Waals surface area contributed by atoms with E-state index in [1.165, 1.54) is 6.08 Å². The highest BCUT2D eigenvalue weighted by Crippen LogP contribution is 2.35. The average Bonchev–Trinajstić information content (AvgIpc) is 3.16. The molecule has 2 aromatic rings. The molecule has 2 amide bonds. The van der Waals surface area contributed by atoms with Crippen molar-refractivity contribution in [1.29, 1.82) is 0 Å². The third-order valence-corrected chi connectivity index (χ3v) is 5.02. The van der Waals surface area contributed by atoms with Gasteiger partial charge in [0.2, 0.25) is 0 Å². The Bertz CT molecular complexity index is 953. The first kappa shape index (κ1) is 19.5. The van der Waals surface area contributed by atoms with Crippen LogP contribution in [-0.4, -0.2) is 35.2 Å². The minimum Gasteiger partial charge on any atom is -0.465 e. The lowest BCUT2D eigenvalue weighted by molar-refractivity contribution is -0.145. The van der Waals surface area contributed by atoms with Gasteiger partial charge in [-0.25, -0.2) is 0 Å². The molecular formula is C18H13Cl2NO5S. The van der Waals surface area contributed by atoms with Crippen molar-refractivity contribution in [3.05, 3.63) is 51.0 Å². The van der Waals surface area contributed by atoms with E-state index in [0.717, 1.165) is 16.7 Å². The van der Waals surface area contributed by atoms with Crippen molar-refractivity contribution in [1.82, 2.24) is 4.90 Å². The predicted molar refractivity (Wildman–Crippen MR) is 103 cm³/mol. The van der Waals surface area contributed by atoms with Crippen molar-refractivity contribution in [2.45, 2.75) is 6.92 Å². The van der Waals surface area contributed by atoms with Gasteiger partial charge in [-0.05, 0) is 49.0 Å². The summed E-state index contributed by atoms with van der Waals surface area (Å²) in [6, 6.07) is 8.36. The highest BCUT2D eigenvalue weighted by Gasteiger charge is 2.36. The Morgan fingerprint density at radius 2 is 2.04 bits per heavy atom. The van der Waals surface area contributed by atoms with Gasteiger partial charge in [-0.3, -0.25) is 19.3 Å². The van der Waals surface area contributed by atoms with Crippen LogP contribution in [0.1, 0.15) is 12.7 Å². The zero-order valence-corrected chi connectivity index (χ0v) is 16.4. The fourth-order valence-electron chi connectivity index (χ4n) is 2.37. The van der Waals surface area contributed by atoms with Gasteiger partial charge in [-0.2, -0.15) is 0 Å². The number of carbonyl (C=O) groups is 3. The quantitative estimate of drug-likeness (QED) is 0.503. The zero-order valence-electron chi connectivity index (χ0n) is 14.0. The standard InChI is InChI=1S/C18H13Cl2NO5S/c1-2-25-16(22)9-21-17(23)15(27-18(21)24)8-11-4-6-14(26-11)12-5-3-10(19)7-13(12)20/h3-8H,2,9H2,1H3/b15-8-. The Kier molecular flexibility index (Phi) is 5.94. The largest absolute Gasteiger partial charge is 0.465 e. The van der Waals surface area contributed by atoms with Gasteiger partial charge in [0.1, 0.15) is 18.1 Å². The number of thioether (sulfide) groups is 1. The number of benzene rings is 1. The maximum Gasteiger partial charge on any atom is 0.326 e. The van der Waals surface area contributed by atoms with E-state index in [9.17, 15) is 14.4 Å². The van der Waals surface area contributed by atoms with Gasteiger partial charge in [-0.15, -0.1) is 0 Å². The summed E-state index contributed by atoms with van der Waals surface area (Å²) in [5, 5.41) is 0.399. The molecule has 1 aromatic carbocycles. The molecule has 0 atom stereocenters. The van der Waals surface area contributed by atoms with Gasteiger partial charge in [0.05, 0.1) is 16.5 Å². The van der Waals surface area contributed by atoms with Gasteiger partial charge in [0, 0.05) is 16.7 Å². The molecule has 1 aromatic heterocycles. The smallest absolute Gasteiger partial charge is 0.326 e. The molecule has 1 aliphatic rings. The van der Waals surface area contributed by atoms with E-state index < -0.39 is 23.7 Å². The molecule has 1 fully saturated rings. The first-order chi connectivity index (χ1) is 12.9. The number of amides is 2. The van der Waals surface area contributed by atoms with Gasteiger partial charge in [0.15, 0.2) is 0 Å². The van der Waals surface area contributed by atoms with Crippen molar-refractivity contribution < 1.29 is 23.5 Å². The number of nitrogens with zero attached hydrogens (tertiary/aromatic N) is 1. The van der Waals surface area contributed by atoms with Gasteiger partial charge < -0.3 is 9.15 Å². The number of furan rings is 1. The average molecular weight is 426 g/mol. The lowest BCUT2D eigenvalue weighted by Gasteiger charge is -2.10. The Morgan fingerprint density at radius 3 is 2.74 bits per heavy atom. The highest BCUT2D eigenvalue weighted by molar-refractivity contribution is 8.18. The maximum absolute atomic E-state index is 12.4. The molecule has 1 saturated heterocycles. The fraction of sp³-hybridized carbons (Fsp3) is 0.167. The SMILES string of the molecule is CCOC(=O)CN1C(=O)S/C(=C\c2ccc(-c3ccc(Cl)cc3Cl)o2)C1=O. The lowest BCUT2D eigenvalue weighted by atomic mass is 10.2. The van der Waals surface area contributed by atoms with Crippen LogP contribution < -0.4 is 0 Å². The van der Waals surface area contributed by atoms with Crippen LogP contribution in [0, 0.1) is 0 Å². The van der Waals surface area contributed by atoms with Crippen LogP contribution in [0.2, 0.25) is 10.0 Å². The van der Waals surface area contributed by atoms with Crippen LogP contribution in [-0.2, 0) is 14.3 Å². The molecular weight excluding hydrogens is 413 g/mol. The number of rotatable bonds is 5. The van der Waals surface area contributed by atoms with Crippen LogP contribution >= 0.6 is 35.0 Å². The molecule has 0 aliphatic carbocycles. The van der Waals surface area contributed by atoms with Crippen molar-refractivity contribution in [2.75, 3.05) is 13.2 Å². The second-order valence-electron chi connectivity index (χ2n) is 5.40. The third-order valence-electron chi connectivity index (χ3n) is 3.56. The molecule has 9 heteroatoms. The summed E-state index contributed by atoms with van der Waals surface area (Å²) in [5.41, 5.74) is 0.649. The van der Waals surface area contributed by atoms with Crippen LogP contribution in [0.15, 0.2) is 39.7 Å². The molecule has 27 heavy (non-hydrogen) atoms. The topological polar surface area (TPSA) is 76.8 Å². The molecule has 1 aliphatic heterocycles. The Hall–Kier alpha value is -2.22. The van der Waals surface area contributed by atoms with Crippen molar-refractivity contribution >= 4 is 58.2 Å². The lowest BCUT2D eigenvalue weighted by Crippen LogP contribution is -2.34. The van der Waals surface area contributed by atoms with Gasteiger partial charge >= 0.3 is 5.97 Å². The van der Waals surface area contributed by atoms with E-state index in [1.807, 2.05) is 0 Å². The Morgan fingerprint density at radius 1 is 1.26 bits per heavy atom. The molecule has 0 N–H and O–H groups in total. The summed E-state index contributed by atoms with van der Waals surface area (Å²) in [7, 11) is 0. The molecule has 0 saturated carbocycles. The van der Waals surface area contributed by atoms with Crippen molar-refractivity contribution in [3.8, 4) is 11.3 Å². The zero-order chi connectivity index (χ0) is 19.6. The molecule has 0 radical (unpaired) electrons. The molecule has 2 heterocycles. The van der Waals surface area contributed by atoms with Crippen LogP contribution in [0.25, 0.3) is 17.4 Å². The second-order valence-corrected chi connectivity index (χ2v) is 7.24. The van der Waals surface area contributed by atoms with E-state index in [2.05, 4.69) is 0 Å². The highest BCUT2D eigenvalue weighted by atomic mass is 35.5. The summed E-state index contributed by atoms with van der Waals surface area (Å²) in [6.45, 7) is 1.40. The van der Waals surface area contributed by atoms with Crippen molar-refractivity contribution in [3.63, 3.8) is 0 Å². The normalized spacial score (nSPS) is 15.7. The van der Waals surface area contributed by atoms with E-state index in [0.29, 0.717) is 27.1 Å². The monoisotopic (exact) mass is 425 g/mol. The summed E-state index contributed by atoms with van der Waals surface area (Å²) in [4.78, 5) is 36.9. The molecule has 0 spiro atoms. The van der Waals surface area contributed by atoms with Crippen molar-refractivity contribution in [2.24, 2.45) is 0 Å². The fourth-order valence-corrected chi connectivity index (χ4v) is 3.69. The summed E-state index contributed by atoms with van der Waals surface area (Å²) in [5.74, 6) is -0.342. The van der Waals surface area contributed by atoms with E-state index >= 15 is 0 Å². The number of ether oxygens (including phenoxy) is 1. The third kappa shape index (κ3) is 4.37. The van der Waals surface area contributed by atoms with Gasteiger partial charge in [-0.1, -0.05) is 23.2 Å². The first-order valence-corrected chi connectivity index (χ1v) is 9.42. The van der Waals surface area contributed by atoms with Crippen LogP contribution in [0.3, 0.4) is 0 Å². The number of carbonyl (C=O) groups excluding carboxylic acids is 3. The molecule has 140 valence electrons. The summed E-state index contributed by atoms with van der Waals surface area (Å²) >= 11 is 12.8.